The average Bonchev–Trinajstić information content (AvgIpc) is 2.78. The Morgan fingerprint density at radius 1 is 1.00 bits per heavy atom. The van der Waals surface area contributed by atoms with Gasteiger partial charge in [0.15, 0.2) is 18.1 Å². The third-order valence-corrected chi connectivity index (χ3v) is 4.83. The third kappa shape index (κ3) is 6.79. The van der Waals surface area contributed by atoms with E-state index in [0.717, 1.165) is 18.4 Å². The fourth-order valence-electron chi connectivity index (χ4n) is 3.17. The van der Waals surface area contributed by atoms with Gasteiger partial charge in [0.25, 0.3) is 5.91 Å². The molecule has 6 heteroatoms. The van der Waals surface area contributed by atoms with E-state index in [1.165, 1.54) is 0 Å². The molecule has 0 bridgehead atoms. The molecule has 0 radical (unpaired) electrons. The van der Waals surface area contributed by atoms with Gasteiger partial charge in [-0.15, -0.1) is 0 Å². The molecule has 2 amide bonds. The molecule has 0 aliphatic carbocycles. The van der Waals surface area contributed by atoms with Gasteiger partial charge in [-0.25, -0.2) is 0 Å². The van der Waals surface area contributed by atoms with Crippen molar-refractivity contribution < 1.29 is 19.1 Å². The molecule has 0 aliphatic rings. The second-order valence-electron chi connectivity index (χ2n) is 7.02. The summed E-state index contributed by atoms with van der Waals surface area (Å²) in [6.07, 6.45) is 2.42. The Hall–Kier alpha value is -3.02. The highest BCUT2D eigenvalue weighted by atomic mass is 16.5. The predicted octanol–water partition coefficient (Wildman–Crippen LogP) is 3.80. The predicted molar refractivity (Wildman–Crippen MR) is 117 cm³/mol. The van der Waals surface area contributed by atoms with Gasteiger partial charge in [0, 0.05) is 13.1 Å². The maximum atomic E-state index is 13.1. The normalized spacial score (nSPS) is 11.4. The third-order valence-electron chi connectivity index (χ3n) is 4.83. The lowest BCUT2D eigenvalue weighted by Crippen LogP contribution is -2.50. The Balaban J connectivity index is 2.16. The molecule has 0 aromatic heterocycles. The average molecular weight is 413 g/mol. The van der Waals surface area contributed by atoms with Crippen LogP contribution in [0.25, 0.3) is 0 Å². The lowest BCUT2D eigenvalue weighted by molar-refractivity contribution is -0.143. The first-order chi connectivity index (χ1) is 14.6. The minimum atomic E-state index is -0.559. The van der Waals surface area contributed by atoms with Gasteiger partial charge in [-0.05, 0) is 30.5 Å². The zero-order valence-corrected chi connectivity index (χ0v) is 18.1. The zero-order chi connectivity index (χ0) is 21.8. The molecule has 0 saturated heterocycles. The molecule has 30 heavy (non-hydrogen) atoms. The van der Waals surface area contributed by atoms with E-state index < -0.39 is 6.04 Å². The lowest BCUT2D eigenvalue weighted by atomic mass is 10.1. The monoisotopic (exact) mass is 412 g/mol. The van der Waals surface area contributed by atoms with E-state index in [-0.39, 0.29) is 18.4 Å². The van der Waals surface area contributed by atoms with Gasteiger partial charge in [-0.2, -0.15) is 0 Å². The molecular weight excluding hydrogens is 380 g/mol. The summed E-state index contributed by atoms with van der Waals surface area (Å²) >= 11 is 0. The molecular formula is C24H32N2O4. The molecule has 2 rings (SSSR count). The summed E-state index contributed by atoms with van der Waals surface area (Å²) in [7, 11) is 1.56. The number of unbranched alkanes of at least 4 members (excludes halogenated alkanes) is 1. The number of hydrogen-bond donors (Lipinski definition) is 1. The summed E-state index contributed by atoms with van der Waals surface area (Å²) in [5.74, 6) is 0.674. The first-order valence-corrected chi connectivity index (χ1v) is 10.5. The Kier molecular flexibility index (Phi) is 9.71. The van der Waals surface area contributed by atoms with Crippen molar-refractivity contribution in [3.05, 3.63) is 60.2 Å². The number of methoxy groups -OCH3 is 1. The molecule has 0 unspecified atom stereocenters. The van der Waals surface area contributed by atoms with Crippen molar-refractivity contribution in [1.82, 2.24) is 10.2 Å². The Morgan fingerprint density at radius 2 is 1.67 bits per heavy atom. The largest absolute Gasteiger partial charge is 0.493 e. The van der Waals surface area contributed by atoms with E-state index in [2.05, 4.69) is 12.2 Å². The molecule has 0 saturated carbocycles. The number of amides is 2. The number of ether oxygens (including phenoxy) is 2. The minimum Gasteiger partial charge on any atom is -0.493 e. The number of benzene rings is 2. The van der Waals surface area contributed by atoms with Crippen molar-refractivity contribution in [3.63, 3.8) is 0 Å². The molecule has 2 aromatic rings. The van der Waals surface area contributed by atoms with Crippen molar-refractivity contribution in [2.75, 3.05) is 20.3 Å². The minimum absolute atomic E-state index is 0.132. The van der Waals surface area contributed by atoms with Crippen molar-refractivity contribution in [2.45, 2.75) is 45.7 Å². The van der Waals surface area contributed by atoms with Crippen molar-refractivity contribution in [1.29, 1.82) is 0 Å². The van der Waals surface area contributed by atoms with Gasteiger partial charge >= 0.3 is 0 Å². The van der Waals surface area contributed by atoms with Crippen LogP contribution in [0.5, 0.6) is 11.5 Å². The van der Waals surface area contributed by atoms with E-state index in [1.807, 2.05) is 49.4 Å². The van der Waals surface area contributed by atoms with Crippen LogP contribution in [0, 0.1) is 0 Å². The number of carbonyl (C=O) groups excluding carboxylic acids is 2. The second kappa shape index (κ2) is 12.5. The van der Waals surface area contributed by atoms with Crippen LogP contribution in [0.2, 0.25) is 0 Å². The van der Waals surface area contributed by atoms with Crippen LogP contribution in [-0.2, 0) is 16.1 Å². The number of nitrogens with zero attached hydrogens (tertiary/aromatic N) is 1. The molecule has 1 atom stereocenters. The lowest BCUT2D eigenvalue weighted by Gasteiger charge is -2.30. The van der Waals surface area contributed by atoms with Crippen LogP contribution in [0.4, 0.5) is 0 Å². The number of hydrogen-bond acceptors (Lipinski definition) is 4. The quantitative estimate of drug-likeness (QED) is 0.539. The van der Waals surface area contributed by atoms with Gasteiger partial charge in [-0.1, -0.05) is 62.7 Å². The van der Waals surface area contributed by atoms with Gasteiger partial charge in [0.05, 0.1) is 7.11 Å². The van der Waals surface area contributed by atoms with Gasteiger partial charge in [0.2, 0.25) is 5.91 Å². The van der Waals surface area contributed by atoms with E-state index in [4.69, 9.17) is 9.47 Å². The van der Waals surface area contributed by atoms with Crippen LogP contribution in [0.3, 0.4) is 0 Å². The Labute approximate surface area is 179 Å². The molecule has 1 N–H and O–H groups in total. The Bertz CT molecular complexity index is 795. The number of nitrogens with one attached hydrogen (secondary N) is 1. The highest BCUT2D eigenvalue weighted by Gasteiger charge is 2.28. The summed E-state index contributed by atoms with van der Waals surface area (Å²) in [4.78, 5) is 27.5. The van der Waals surface area contributed by atoms with E-state index in [1.54, 1.807) is 24.1 Å². The summed E-state index contributed by atoms with van der Waals surface area (Å²) < 4.78 is 11.0. The fraction of sp³-hybridized carbons (Fsp3) is 0.417. The topological polar surface area (TPSA) is 67.9 Å². The van der Waals surface area contributed by atoms with Gasteiger partial charge in [0.1, 0.15) is 6.04 Å². The highest BCUT2D eigenvalue weighted by molar-refractivity contribution is 5.88. The van der Waals surface area contributed by atoms with Crippen molar-refractivity contribution in [3.8, 4) is 11.5 Å². The zero-order valence-electron chi connectivity index (χ0n) is 18.1. The van der Waals surface area contributed by atoms with E-state index >= 15 is 0 Å². The SMILES string of the molecule is CCCCNC(=O)[C@H](CC)N(Cc1ccccc1)C(=O)COc1ccccc1OC. The molecule has 6 nitrogen and oxygen atoms in total. The van der Waals surface area contributed by atoms with Crippen LogP contribution >= 0.6 is 0 Å². The summed E-state index contributed by atoms with van der Waals surface area (Å²) in [5, 5.41) is 2.95. The van der Waals surface area contributed by atoms with Gasteiger partial charge < -0.3 is 19.7 Å². The van der Waals surface area contributed by atoms with E-state index in [0.29, 0.717) is 31.0 Å². The second-order valence-corrected chi connectivity index (χ2v) is 7.02. The molecule has 162 valence electrons. The van der Waals surface area contributed by atoms with Crippen LogP contribution in [0.1, 0.15) is 38.7 Å². The maximum absolute atomic E-state index is 13.1. The van der Waals surface area contributed by atoms with Crippen LogP contribution in [-0.4, -0.2) is 43.0 Å². The van der Waals surface area contributed by atoms with Crippen LogP contribution in [0.15, 0.2) is 54.6 Å². The molecule has 0 spiro atoms. The van der Waals surface area contributed by atoms with Crippen molar-refractivity contribution >= 4 is 11.8 Å². The summed E-state index contributed by atoms with van der Waals surface area (Å²) in [6, 6.07) is 16.3. The molecule has 2 aromatic carbocycles. The molecule has 0 heterocycles. The molecule has 0 fully saturated rings. The highest BCUT2D eigenvalue weighted by Crippen LogP contribution is 2.26. The smallest absolute Gasteiger partial charge is 0.261 e. The number of para-hydroxylation sites is 2. The first-order valence-electron chi connectivity index (χ1n) is 10.5. The number of rotatable bonds is 12. The maximum Gasteiger partial charge on any atom is 0.261 e. The fourth-order valence-corrected chi connectivity index (χ4v) is 3.17. The van der Waals surface area contributed by atoms with Crippen molar-refractivity contribution in [2.24, 2.45) is 0 Å². The Morgan fingerprint density at radius 3 is 2.30 bits per heavy atom. The van der Waals surface area contributed by atoms with Crippen LogP contribution < -0.4 is 14.8 Å². The standard InChI is InChI=1S/C24H32N2O4/c1-4-6-16-25-24(28)20(5-2)26(17-19-12-8-7-9-13-19)23(27)18-30-22-15-11-10-14-21(22)29-3/h7-15,20H,4-6,16-18H2,1-3H3,(H,25,28)/t20-/m0/s1. The summed E-state index contributed by atoms with van der Waals surface area (Å²) in [6.45, 7) is 4.76. The van der Waals surface area contributed by atoms with Gasteiger partial charge in [-0.3, -0.25) is 9.59 Å². The number of carbonyl (C=O) groups is 2. The first kappa shape index (κ1) is 23.3. The summed E-state index contributed by atoms with van der Waals surface area (Å²) in [5.41, 5.74) is 0.961. The van der Waals surface area contributed by atoms with E-state index in [9.17, 15) is 9.59 Å². The molecule has 0 aliphatic heterocycles.